The molecule has 0 spiro atoms. The van der Waals surface area contributed by atoms with E-state index in [1.54, 1.807) is 0 Å². The minimum Gasteiger partial charge on any atom is -0.506 e. The van der Waals surface area contributed by atoms with Crippen molar-refractivity contribution in [2.45, 2.75) is 0 Å². The van der Waals surface area contributed by atoms with Crippen LogP contribution in [0.4, 0.5) is 5.69 Å². The van der Waals surface area contributed by atoms with Crippen LogP contribution in [0, 0.1) is 22.0 Å². The molecule has 6 heteroatoms. The second-order valence-corrected chi connectivity index (χ2v) is 2.77. The van der Waals surface area contributed by atoms with Gasteiger partial charge >= 0.3 is 0 Å². The van der Waals surface area contributed by atoms with Gasteiger partial charge in [0, 0.05) is 12.1 Å². The summed E-state index contributed by atoms with van der Waals surface area (Å²) in [5, 5.41) is 28.5. The quantitative estimate of drug-likeness (QED) is 0.327. The van der Waals surface area contributed by atoms with Crippen LogP contribution in [-0.4, -0.2) is 28.0 Å². The average Bonchev–Trinajstić information content (AvgIpc) is 2.27. The Labute approximate surface area is 90.3 Å². The van der Waals surface area contributed by atoms with Gasteiger partial charge in [-0.05, 0) is 0 Å². The van der Waals surface area contributed by atoms with Crippen molar-refractivity contribution in [3.05, 3.63) is 33.4 Å². The number of carbonyl (C=O) groups excluding carboxylic acids is 1. The highest BCUT2D eigenvalue weighted by atomic mass is 16.6. The van der Waals surface area contributed by atoms with E-state index in [-0.39, 0.29) is 16.8 Å². The third-order valence-electron chi connectivity index (χ3n) is 1.76. The summed E-state index contributed by atoms with van der Waals surface area (Å²) in [5.74, 6) is 4.12. The number of nitrogens with zero attached hydrogens (tertiary/aromatic N) is 1. The van der Waals surface area contributed by atoms with Crippen molar-refractivity contribution in [3.63, 3.8) is 0 Å². The number of phenols is 1. The molecule has 82 valence electrons. The largest absolute Gasteiger partial charge is 0.506 e. The first-order chi connectivity index (χ1) is 7.60. The summed E-state index contributed by atoms with van der Waals surface area (Å²) in [7, 11) is 0. The van der Waals surface area contributed by atoms with Crippen LogP contribution in [0.5, 0.6) is 5.75 Å². The Hall–Kier alpha value is -2.39. The van der Waals surface area contributed by atoms with Crippen molar-refractivity contribution in [1.82, 2.24) is 0 Å². The van der Waals surface area contributed by atoms with Crippen LogP contribution < -0.4 is 0 Å². The number of non-ortho nitro benzene ring substituents is 1. The molecule has 0 bridgehead atoms. The second kappa shape index (κ2) is 4.91. The highest BCUT2D eigenvalue weighted by molar-refractivity contribution is 5.82. The molecular formula is C10H7NO5. The zero-order chi connectivity index (χ0) is 12.1. The Morgan fingerprint density at radius 2 is 2.19 bits per heavy atom. The number of carbonyl (C=O) groups is 1. The van der Waals surface area contributed by atoms with Gasteiger partial charge in [-0.15, -0.1) is 0 Å². The molecule has 2 N–H and O–H groups in total. The minimum atomic E-state index is -0.698. The van der Waals surface area contributed by atoms with Crippen LogP contribution in [0.1, 0.15) is 15.9 Å². The van der Waals surface area contributed by atoms with Crippen LogP contribution in [-0.2, 0) is 0 Å². The molecule has 0 saturated heterocycles. The van der Waals surface area contributed by atoms with E-state index in [2.05, 4.69) is 11.8 Å². The van der Waals surface area contributed by atoms with E-state index in [4.69, 9.17) is 5.11 Å². The molecule has 0 aliphatic rings. The highest BCUT2D eigenvalue weighted by Crippen LogP contribution is 2.26. The number of aromatic hydroxyl groups is 1. The summed E-state index contributed by atoms with van der Waals surface area (Å²) in [4.78, 5) is 20.4. The summed E-state index contributed by atoms with van der Waals surface area (Å²) >= 11 is 0. The smallest absolute Gasteiger partial charge is 0.271 e. The van der Waals surface area contributed by atoms with Crippen molar-refractivity contribution in [1.29, 1.82) is 0 Å². The lowest BCUT2D eigenvalue weighted by molar-refractivity contribution is -0.384. The van der Waals surface area contributed by atoms with Crippen LogP contribution in [0.15, 0.2) is 12.1 Å². The van der Waals surface area contributed by atoms with Crippen molar-refractivity contribution >= 4 is 12.0 Å². The summed E-state index contributed by atoms with van der Waals surface area (Å²) < 4.78 is 0. The van der Waals surface area contributed by atoms with Crippen LogP contribution >= 0.6 is 0 Å². The third-order valence-corrected chi connectivity index (χ3v) is 1.76. The van der Waals surface area contributed by atoms with E-state index in [9.17, 15) is 20.0 Å². The van der Waals surface area contributed by atoms with E-state index < -0.39 is 17.3 Å². The Morgan fingerprint density at radius 1 is 1.50 bits per heavy atom. The van der Waals surface area contributed by atoms with E-state index in [0.29, 0.717) is 6.29 Å². The summed E-state index contributed by atoms with van der Waals surface area (Å²) in [6.45, 7) is -0.446. The van der Waals surface area contributed by atoms with Crippen LogP contribution in [0.25, 0.3) is 0 Å². The van der Waals surface area contributed by atoms with Crippen molar-refractivity contribution in [2.75, 3.05) is 6.61 Å². The first-order valence-corrected chi connectivity index (χ1v) is 4.16. The van der Waals surface area contributed by atoms with Gasteiger partial charge in [0.2, 0.25) is 0 Å². The zero-order valence-corrected chi connectivity index (χ0v) is 8.01. The van der Waals surface area contributed by atoms with Crippen molar-refractivity contribution in [2.24, 2.45) is 0 Å². The maximum atomic E-state index is 10.5. The molecule has 0 aliphatic heterocycles. The minimum absolute atomic E-state index is 0.0645. The number of hydrogen-bond acceptors (Lipinski definition) is 5. The Kier molecular flexibility index (Phi) is 3.58. The number of aldehydes is 1. The Bertz CT molecular complexity index is 498. The van der Waals surface area contributed by atoms with E-state index in [1.807, 2.05) is 0 Å². The average molecular weight is 221 g/mol. The van der Waals surface area contributed by atoms with Gasteiger partial charge in [0.25, 0.3) is 5.69 Å². The molecule has 1 rings (SSSR count). The first-order valence-electron chi connectivity index (χ1n) is 4.16. The van der Waals surface area contributed by atoms with Gasteiger partial charge in [-0.25, -0.2) is 0 Å². The molecule has 0 saturated carbocycles. The molecular weight excluding hydrogens is 214 g/mol. The molecule has 0 aromatic heterocycles. The van der Waals surface area contributed by atoms with Gasteiger partial charge in [-0.1, -0.05) is 11.8 Å². The predicted octanol–water partition coefficient (Wildman–Crippen LogP) is 0.457. The lowest BCUT2D eigenvalue weighted by Crippen LogP contribution is -1.93. The molecule has 0 unspecified atom stereocenters. The first kappa shape index (κ1) is 11.7. The standard InChI is InChI=1S/C10H7NO5/c12-3-1-2-7-4-9(11(15)16)5-8(6-13)10(7)14/h4-6,12,14H,3H2. The van der Waals surface area contributed by atoms with E-state index in [0.717, 1.165) is 12.1 Å². The van der Waals surface area contributed by atoms with Gasteiger partial charge in [0.1, 0.15) is 12.4 Å². The molecule has 0 radical (unpaired) electrons. The fraction of sp³-hybridized carbons (Fsp3) is 0.100. The highest BCUT2D eigenvalue weighted by Gasteiger charge is 2.14. The Balaban J connectivity index is 3.41. The summed E-state index contributed by atoms with van der Waals surface area (Å²) in [6.07, 6.45) is 0.298. The molecule has 0 fully saturated rings. The topological polar surface area (TPSA) is 101 Å². The number of benzene rings is 1. The number of aliphatic hydroxyl groups is 1. The maximum absolute atomic E-state index is 10.5. The Morgan fingerprint density at radius 3 is 2.69 bits per heavy atom. The van der Waals surface area contributed by atoms with Gasteiger partial charge in [-0.3, -0.25) is 14.9 Å². The van der Waals surface area contributed by atoms with E-state index >= 15 is 0 Å². The molecule has 0 amide bonds. The number of nitro groups is 1. The molecule has 1 aromatic rings. The van der Waals surface area contributed by atoms with Crippen LogP contribution in [0.2, 0.25) is 0 Å². The SMILES string of the molecule is O=Cc1cc([N+](=O)[O-])cc(C#CCO)c1O. The van der Waals surface area contributed by atoms with Gasteiger partial charge in [0.05, 0.1) is 16.1 Å². The number of phenolic OH excluding ortho intramolecular Hbond substituents is 1. The molecule has 1 aromatic carbocycles. The summed E-state index contributed by atoms with van der Waals surface area (Å²) in [5.41, 5.74) is -0.621. The second-order valence-electron chi connectivity index (χ2n) is 2.77. The van der Waals surface area contributed by atoms with E-state index in [1.165, 1.54) is 0 Å². The molecule has 6 nitrogen and oxygen atoms in total. The van der Waals surface area contributed by atoms with Gasteiger partial charge in [-0.2, -0.15) is 0 Å². The molecule has 0 heterocycles. The number of nitro benzene ring substituents is 1. The summed E-state index contributed by atoms with van der Waals surface area (Å²) in [6, 6.07) is 1.98. The van der Waals surface area contributed by atoms with Crippen molar-refractivity contribution < 1.29 is 19.9 Å². The predicted molar refractivity (Wildman–Crippen MR) is 54.1 cm³/mol. The number of rotatable bonds is 2. The maximum Gasteiger partial charge on any atom is 0.271 e. The van der Waals surface area contributed by atoms with Crippen molar-refractivity contribution in [3.8, 4) is 17.6 Å². The van der Waals surface area contributed by atoms with Gasteiger partial charge in [0.15, 0.2) is 6.29 Å². The lowest BCUT2D eigenvalue weighted by atomic mass is 10.1. The molecule has 0 atom stereocenters. The molecule has 16 heavy (non-hydrogen) atoms. The zero-order valence-electron chi connectivity index (χ0n) is 8.01. The number of aliphatic hydroxyl groups excluding tert-OH is 1. The fourth-order valence-electron chi connectivity index (χ4n) is 1.07. The fourth-order valence-corrected chi connectivity index (χ4v) is 1.07. The lowest BCUT2D eigenvalue weighted by Gasteiger charge is -2.00. The third kappa shape index (κ3) is 2.34. The molecule has 0 aliphatic carbocycles. The normalized spacial score (nSPS) is 9.06. The van der Waals surface area contributed by atoms with Crippen LogP contribution in [0.3, 0.4) is 0 Å². The monoisotopic (exact) mass is 221 g/mol. The number of hydrogen-bond donors (Lipinski definition) is 2. The van der Waals surface area contributed by atoms with Gasteiger partial charge < -0.3 is 10.2 Å².